The molecule has 2 amide bonds. The van der Waals surface area contributed by atoms with Crippen LogP contribution in [-0.2, 0) is 11.2 Å². The average Bonchev–Trinajstić information content (AvgIpc) is 3.08. The van der Waals surface area contributed by atoms with E-state index < -0.39 is 0 Å². The number of fused-ring (bicyclic) bond motifs is 2. The Hall–Kier alpha value is -3.41. The minimum atomic E-state index is -0.144. The van der Waals surface area contributed by atoms with Crippen LogP contribution in [0.3, 0.4) is 0 Å². The lowest BCUT2D eigenvalue weighted by Gasteiger charge is -2.17. The van der Waals surface area contributed by atoms with E-state index in [9.17, 15) is 9.59 Å². The van der Waals surface area contributed by atoms with E-state index in [1.807, 2.05) is 18.2 Å². The van der Waals surface area contributed by atoms with Gasteiger partial charge in [0.25, 0.3) is 5.91 Å². The predicted molar refractivity (Wildman–Crippen MR) is 104 cm³/mol. The van der Waals surface area contributed by atoms with Crippen LogP contribution in [0.2, 0.25) is 0 Å². The zero-order chi connectivity index (χ0) is 19.0. The van der Waals surface area contributed by atoms with Crippen LogP contribution in [0.15, 0.2) is 48.5 Å². The van der Waals surface area contributed by atoms with Crippen LogP contribution in [0.5, 0.6) is 5.75 Å². The van der Waals surface area contributed by atoms with Crippen molar-refractivity contribution in [1.29, 1.82) is 0 Å². The summed E-state index contributed by atoms with van der Waals surface area (Å²) in [5.74, 6) is 1.19. The van der Waals surface area contributed by atoms with Gasteiger partial charge in [-0.05, 0) is 54.4 Å². The molecule has 0 radical (unpaired) electrons. The topological polar surface area (TPSA) is 71.5 Å². The molecule has 0 saturated carbocycles. The molecule has 6 heteroatoms. The molecule has 6 nitrogen and oxygen atoms in total. The van der Waals surface area contributed by atoms with Crippen LogP contribution in [0.1, 0.15) is 22.8 Å². The smallest absolute Gasteiger partial charge is 0.259 e. The Morgan fingerprint density at radius 2 is 1.89 bits per heavy atom. The fourth-order valence-corrected chi connectivity index (χ4v) is 3.32. The fourth-order valence-electron chi connectivity index (χ4n) is 3.32. The molecule has 0 bridgehead atoms. The number of hydrogen-bond donors (Lipinski definition) is 1. The van der Waals surface area contributed by atoms with Crippen LogP contribution < -0.4 is 15.0 Å². The van der Waals surface area contributed by atoms with Gasteiger partial charge in [0.1, 0.15) is 11.6 Å². The first-order valence-corrected chi connectivity index (χ1v) is 8.72. The third-order valence-corrected chi connectivity index (χ3v) is 4.64. The summed E-state index contributed by atoms with van der Waals surface area (Å²) in [7, 11) is 1.62. The maximum atomic E-state index is 13.0. The van der Waals surface area contributed by atoms with Crippen LogP contribution in [-0.4, -0.2) is 30.5 Å². The minimum absolute atomic E-state index is 0.0992. The number of methoxy groups -OCH3 is 1. The molecule has 1 N–H and O–H groups in total. The third kappa shape index (κ3) is 3.21. The summed E-state index contributed by atoms with van der Waals surface area (Å²) in [6.45, 7) is 2.05. The predicted octanol–water partition coefficient (Wildman–Crippen LogP) is 3.40. The Balaban J connectivity index is 1.65. The maximum absolute atomic E-state index is 13.0. The number of carbonyl (C=O) groups is 2. The average molecular weight is 361 g/mol. The molecule has 4 rings (SSSR count). The molecule has 2 heterocycles. The monoisotopic (exact) mass is 361 g/mol. The van der Waals surface area contributed by atoms with E-state index in [1.165, 1.54) is 6.92 Å². The molecule has 0 aliphatic carbocycles. The number of aromatic nitrogens is 1. The van der Waals surface area contributed by atoms with E-state index >= 15 is 0 Å². The number of hydrogen-bond acceptors (Lipinski definition) is 4. The van der Waals surface area contributed by atoms with Crippen molar-refractivity contribution in [2.24, 2.45) is 0 Å². The molecule has 1 aromatic heterocycles. The molecule has 0 fully saturated rings. The van der Waals surface area contributed by atoms with Gasteiger partial charge in [-0.1, -0.05) is 0 Å². The third-order valence-electron chi connectivity index (χ3n) is 4.64. The van der Waals surface area contributed by atoms with Gasteiger partial charge in [-0.3, -0.25) is 14.5 Å². The molecular formula is C21H19N3O3. The normalized spacial score (nSPS) is 12.7. The number of carbonyl (C=O) groups excluding carboxylic acids is 2. The number of anilines is 2. The standard InChI is InChI=1S/C21H19N3O3/c1-13(25)22-17-6-3-14(4-7-17)21(26)24-10-9-16-11-15-5-8-18(27-2)12-19(15)23-20(16)24/h3-8,11-12H,9-10H2,1-2H3,(H,22,25). The summed E-state index contributed by atoms with van der Waals surface area (Å²) in [6.07, 6.45) is 0.778. The van der Waals surface area contributed by atoms with Crippen molar-refractivity contribution < 1.29 is 14.3 Å². The van der Waals surface area contributed by atoms with Gasteiger partial charge in [-0.25, -0.2) is 4.98 Å². The van der Waals surface area contributed by atoms with Crippen molar-refractivity contribution in [3.8, 4) is 5.75 Å². The summed E-state index contributed by atoms with van der Waals surface area (Å²) in [5, 5.41) is 3.73. The molecule has 1 aliphatic heterocycles. The number of benzene rings is 2. The largest absolute Gasteiger partial charge is 0.497 e. The van der Waals surface area contributed by atoms with E-state index in [2.05, 4.69) is 11.4 Å². The van der Waals surface area contributed by atoms with Crippen molar-refractivity contribution in [2.75, 3.05) is 23.9 Å². The summed E-state index contributed by atoms with van der Waals surface area (Å²) in [6, 6.07) is 14.7. The van der Waals surface area contributed by atoms with E-state index in [4.69, 9.17) is 9.72 Å². The molecule has 3 aromatic rings. The summed E-state index contributed by atoms with van der Waals surface area (Å²) in [4.78, 5) is 30.5. The first-order valence-electron chi connectivity index (χ1n) is 8.72. The highest BCUT2D eigenvalue weighted by Crippen LogP contribution is 2.31. The van der Waals surface area contributed by atoms with Crippen LogP contribution >= 0.6 is 0 Å². The van der Waals surface area contributed by atoms with Gasteiger partial charge in [0.05, 0.1) is 12.6 Å². The summed E-state index contributed by atoms with van der Waals surface area (Å²) < 4.78 is 5.27. The Morgan fingerprint density at radius 3 is 2.59 bits per heavy atom. The second-order valence-corrected chi connectivity index (χ2v) is 6.50. The first kappa shape index (κ1) is 17.0. The van der Waals surface area contributed by atoms with Crippen molar-refractivity contribution in [3.63, 3.8) is 0 Å². The zero-order valence-corrected chi connectivity index (χ0v) is 15.2. The fraction of sp³-hybridized carbons (Fsp3) is 0.190. The molecule has 27 heavy (non-hydrogen) atoms. The summed E-state index contributed by atoms with van der Waals surface area (Å²) >= 11 is 0. The van der Waals surface area contributed by atoms with Crippen LogP contribution in [0.25, 0.3) is 10.9 Å². The molecule has 0 unspecified atom stereocenters. The van der Waals surface area contributed by atoms with E-state index in [1.54, 1.807) is 36.3 Å². The number of amides is 2. The van der Waals surface area contributed by atoms with Gasteiger partial charge in [-0.15, -0.1) is 0 Å². The van der Waals surface area contributed by atoms with E-state index in [0.717, 1.165) is 28.6 Å². The highest BCUT2D eigenvalue weighted by molar-refractivity contribution is 6.07. The van der Waals surface area contributed by atoms with Gasteiger partial charge in [0, 0.05) is 36.2 Å². The van der Waals surface area contributed by atoms with Crippen molar-refractivity contribution >= 4 is 34.2 Å². The Bertz CT molecular complexity index is 1040. The minimum Gasteiger partial charge on any atom is -0.497 e. The molecular weight excluding hydrogens is 342 g/mol. The van der Waals surface area contributed by atoms with Gasteiger partial charge in [0.15, 0.2) is 0 Å². The van der Waals surface area contributed by atoms with Crippen molar-refractivity contribution in [1.82, 2.24) is 4.98 Å². The lowest BCUT2D eigenvalue weighted by molar-refractivity contribution is -0.114. The Morgan fingerprint density at radius 1 is 1.11 bits per heavy atom. The summed E-state index contributed by atoms with van der Waals surface area (Å²) in [5.41, 5.74) is 3.09. The maximum Gasteiger partial charge on any atom is 0.259 e. The van der Waals surface area contributed by atoms with Gasteiger partial charge >= 0.3 is 0 Å². The number of nitrogens with one attached hydrogen (secondary N) is 1. The molecule has 0 spiro atoms. The SMILES string of the molecule is COc1ccc2cc3c(nc2c1)N(C(=O)c1ccc(NC(C)=O)cc1)CC3. The van der Waals surface area contributed by atoms with Gasteiger partial charge in [0.2, 0.25) is 5.91 Å². The van der Waals surface area contributed by atoms with Gasteiger partial charge in [-0.2, -0.15) is 0 Å². The quantitative estimate of drug-likeness (QED) is 0.776. The number of rotatable bonds is 3. The molecule has 0 atom stereocenters. The molecule has 1 aliphatic rings. The molecule has 136 valence electrons. The highest BCUT2D eigenvalue weighted by Gasteiger charge is 2.27. The number of nitrogens with zero attached hydrogens (tertiary/aromatic N) is 2. The Kier molecular flexibility index (Phi) is 4.24. The lowest BCUT2D eigenvalue weighted by atomic mass is 10.1. The Labute approximate surface area is 156 Å². The first-order chi connectivity index (χ1) is 13.0. The molecule has 0 saturated heterocycles. The zero-order valence-electron chi connectivity index (χ0n) is 15.2. The van der Waals surface area contributed by atoms with Gasteiger partial charge < -0.3 is 10.1 Å². The van der Waals surface area contributed by atoms with Crippen molar-refractivity contribution in [2.45, 2.75) is 13.3 Å². The number of ether oxygens (including phenoxy) is 1. The number of pyridine rings is 1. The highest BCUT2D eigenvalue weighted by atomic mass is 16.5. The van der Waals surface area contributed by atoms with Crippen LogP contribution in [0.4, 0.5) is 11.5 Å². The van der Waals surface area contributed by atoms with Crippen LogP contribution in [0, 0.1) is 0 Å². The molecule has 2 aromatic carbocycles. The van der Waals surface area contributed by atoms with E-state index in [0.29, 0.717) is 23.6 Å². The lowest BCUT2D eigenvalue weighted by Crippen LogP contribution is -2.29. The second kappa shape index (κ2) is 6.72. The second-order valence-electron chi connectivity index (χ2n) is 6.50. The van der Waals surface area contributed by atoms with Crippen molar-refractivity contribution in [3.05, 3.63) is 59.7 Å². The van der Waals surface area contributed by atoms with E-state index in [-0.39, 0.29) is 11.8 Å².